The second kappa shape index (κ2) is 6.83. The molecule has 1 N–H and O–H groups in total. The van der Waals surface area contributed by atoms with Gasteiger partial charge < -0.3 is 15.0 Å². The number of rotatable bonds is 7. The molecule has 8 nitrogen and oxygen atoms in total. The van der Waals surface area contributed by atoms with Crippen LogP contribution >= 0.6 is 0 Å². The summed E-state index contributed by atoms with van der Waals surface area (Å²) in [6.45, 7) is 5.13. The van der Waals surface area contributed by atoms with Crippen molar-refractivity contribution in [3.05, 3.63) is 15.8 Å². The van der Waals surface area contributed by atoms with E-state index in [0.29, 0.717) is 37.2 Å². The highest BCUT2D eigenvalue weighted by atomic mass is 16.6. The Bertz CT molecular complexity index is 452. The molecule has 0 unspecified atom stereocenters. The van der Waals surface area contributed by atoms with E-state index in [2.05, 4.69) is 15.3 Å². The quantitative estimate of drug-likeness (QED) is 0.587. The Kier molecular flexibility index (Phi) is 5.43. The topological polar surface area (TPSA) is 93.4 Å². The maximum Gasteiger partial charge on any atom is 0.332 e. The van der Waals surface area contributed by atoms with Crippen molar-refractivity contribution >= 4 is 17.5 Å². The SMILES string of the molecule is CCN(CCOC)c1nc(NC)nc(C)c1[N+](=O)[O-]. The van der Waals surface area contributed by atoms with Crippen LogP contribution in [0.25, 0.3) is 0 Å². The van der Waals surface area contributed by atoms with Gasteiger partial charge in [-0.1, -0.05) is 0 Å². The average Bonchev–Trinajstić information content (AvgIpc) is 2.38. The van der Waals surface area contributed by atoms with Crippen LogP contribution in [0, 0.1) is 17.0 Å². The van der Waals surface area contributed by atoms with E-state index < -0.39 is 4.92 Å². The van der Waals surface area contributed by atoms with Crippen LogP contribution in [0.15, 0.2) is 0 Å². The van der Waals surface area contributed by atoms with Crippen molar-refractivity contribution in [3.63, 3.8) is 0 Å². The summed E-state index contributed by atoms with van der Waals surface area (Å²) in [5.41, 5.74) is 0.284. The van der Waals surface area contributed by atoms with Crippen LogP contribution in [0.3, 0.4) is 0 Å². The number of nitrogens with one attached hydrogen (secondary N) is 1. The molecule has 0 spiro atoms. The van der Waals surface area contributed by atoms with Crippen molar-refractivity contribution in [3.8, 4) is 0 Å². The molecule has 1 aromatic heterocycles. The molecule has 0 radical (unpaired) electrons. The van der Waals surface area contributed by atoms with Crippen molar-refractivity contribution in [2.24, 2.45) is 0 Å². The standard InChI is InChI=1S/C11H19N5O3/c1-5-15(6-7-19-4)10-9(16(17)18)8(2)13-11(12-3)14-10/h5-7H2,1-4H3,(H,12,13,14). The van der Waals surface area contributed by atoms with E-state index in [1.807, 2.05) is 6.92 Å². The largest absolute Gasteiger partial charge is 0.383 e. The molecule has 1 rings (SSSR count). The lowest BCUT2D eigenvalue weighted by Crippen LogP contribution is -2.29. The fourth-order valence-electron chi connectivity index (χ4n) is 1.71. The minimum Gasteiger partial charge on any atom is -0.383 e. The zero-order valence-corrected chi connectivity index (χ0v) is 11.6. The summed E-state index contributed by atoms with van der Waals surface area (Å²) in [6.07, 6.45) is 0. The molecule has 8 heteroatoms. The molecule has 0 amide bonds. The highest BCUT2D eigenvalue weighted by molar-refractivity contribution is 5.62. The third-order valence-corrected chi connectivity index (χ3v) is 2.69. The highest BCUT2D eigenvalue weighted by Crippen LogP contribution is 2.29. The minimum atomic E-state index is -0.445. The zero-order valence-electron chi connectivity index (χ0n) is 11.6. The van der Waals surface area contributed by atoms with E-state index in [0.717, 1.165) is 0 Å². The van der Waals surface area contributed by atoms with Crippen LogP contribution in [0.1, 0.15) is 12.6 Å². The molecule has 0 atom stereocenters. The number of nitrogens with zero attached hydrogens (tertiary/aromatic N) is 4. The molecule has 1 heterocycles. The number of likely N-dealkylation sites (N-methyl/N-ethyl adjacent to an activating group) is 1. The molecule has 106 valence electrons. The molecule has 0 aliphatic carbocycles. The number of ether oxygens (including phenoxy) is 1. The lowest BCUT2D eigenvalue weighted by molar-refractivity contribution is -0.385. The molecular weight excluding hydrogens is 250 g/mol. The van der Waals surface area contributed by atoms with Crippen LogP contribution in [0.4, 0.5) is 17.5 Å². The van der Waals surface area contributed by atoms with Crippen molar-refractivity contribution in [2.75, 3.05) is 44.1 Å². The fraction of sp³-hybridized carbons (Fsp3) is 0.636. The Hall–Kier alpha value is -1.96. The number of hydrogen-bond donors (Lipinski definition) is 1. The molecule has 1 aromatic rings. The van der Waals surface area contributed by atoms with Gasteiger partial charge in [-0.2, -0.15) is 4.98 Å². The lowest BCUT2D eigenvalue weighted by atomic mass is 10.3. The second-order valence-electron chi connectivity index (χ2n) is 3.88. The van der Waals surface area contributed by atoms with Crippen LogP contribution in [-0.2, 0) is 4.74 Å². The Morgan fingerprint density at radius 1 is 1.47 bits per heavy atom. The summed E-state index contributed by atoms with van der Waals surface area (Å²) in [5, 5.41) is 14.0. The third kappa shape index (κ3) is 3.50. The monoisotopic (exact) mass is 269 g/mol. The first-order chi connectivity index (χ1) is 9.04. The van der Waals surface area contributed by atoms with E-state index in [1.54, 1.807) is 26.0 Å². The van der Waals surface area contributed by atoms with E-state index in [9.17, 15) is 10.1 Å². The molecule has 19 heavy (non-hydrogen) atoms. The summed E-state index contributed by atoms with van der Waals surface area (Å²) in [7, 11) is 3.27. The Morgan fingerprint density at radius 2 is 2.16 bits per heavy atom. The molecular formula is C11H19N5O3. The maximum atomic E-state index is 11.2. The van der Waals surface area contributed by atoms with Gasteiger partial charge in [-0.15, -0.1) is 0 Å². The van der Waals surface area contributed by atoms with E-state index >= 15 is 0 Å². The van der Waals surface area contributed by atoms with Gasteiger partial charge in [-0.3, -0.25) is 10.1 Å². The van der Waals surface area contributed by atoms with Crippen molar-refractivity contribution in [2.45, 2.75) is 13.8 Å². The fourth-order valence-corrected chi connectivity index (χ4v) is 1.71. The Balaban J connectivity index is 3.27. The van der Waals surface area contributed by atoms with E-state index in [1.165, 1.54) is 0 Å². The number of nitro groups is 1. The van der Waals surface area contributed by atoms with E-state index in [4.69, 9.17) is 4.74 Å². The first kappa shape index (κ1) is 15.1. The minimum absolute atomic E-state index is 0.0584. The van der Waals surface area contributed by atoms with E-state index in [-0.39, 0.29) is 5.69 Å². The lowest BCUT2D eigenvalue weighted by Gasteiger charge is -2.22. The van der Waals surface area contributed by atoms with Gasteiger partial charge in [-0.05, 0) is 13.8 Å². The van der Waals surface area contributed by atoms with Gasteiger partial charge in [0.15, 0.2) is 0 Å². The molecule has 0 aliphatic rings. The Morgan fingerprint density at radius 3 is 2.63 bits per heavy atom. The smallest absolute Gasteiger partial charge is 0.332 e. The predicted octanol–water partition coefficient (Wildman–Crippen LogP) is 1.21. The number of aryl methyl sites for hydroxylation is 1. The molecule has 0 aromatic carbocycles. The van der Waals surface area contributed by atoms with Crippen molar-refractivity contribution in [1.82, 2.24) is 9.97 Å². The van der Waals surface area contributed by atoms with Gasteiger partial charge in [0.1, 0.15) is 5.69 Å². The average molecular weight is 269 g/mol. The number of anilines is 2. The normalized spacial score (nSPS) is 10.3. The maximum absolute atomic E-state index is 11.2. The van der Waals surface area contributed by atoms with Crippen molar-refractivity contribution < 1.29 is 9.66 Å². The van der Waals surface area contributed by atoms with Gasteiger partial charge in [0.2, 0.25) is 11.8 Å². The van der Waals surface area contributed by atoms with Gasteiger partial charge in [-0.25, -0.2) is 4.98 Å². The van der Waals surface area contributed by atoms with Gasteiger partial charge >= 0.3 is 5.69 Å². The number of hydrogen-bond acceptors (Lipinski definition) is 7. The van der Waals surface area contributed by atoms with Crippen LogP contribution in [0.2, 0.25) is 0 Å². The first-order valence-corrected chi connectivity index (χ1v) is 5.99. The van der Waals surface area contributed by atoms with Gasteiger partial charge in [0.05, 0.1) is 11.5 Å². The highest BCUT2D eigenvalue weighted by Gasteiger charge is 2.25. The Labute approximate surface area is 112 Å². The van der Waals surface area contributed by atoms with Gasteiger partial charge in [0.25, 0.3) is 0 Å². The number of methoxy groups -OCH3 is 1. The van der Waals surface area contributed by atoms with Crippen LogP contribution < -0.4 is 10.2 Å². The summed E-state index contributed by atoms with van der Waals surface area (Å²) in [6, 6.07) is 0. The summed E-state index contributed by atoms with van der Waals surface area (Å²) in [5.74, 6) is 0.690. The predicted molar refractivity (Wildman–Crippen MR) is 72.7 cm³/mol. The molecule has 0 bridgehead atoms. The summed E-state index contributed by atoms with van der Waals surface area (Å²) in [4.78, 5) is 20.8. The molecule has 0 saturated carbocycles. The third-order valence-electron chi connectivity index (χ3n) is 2.69. The zero-order chi connectivity index (χ0) is 14.4. The summed E-state index contributed by atoms with van der Waals surface area (Å²) >= 11 is 0. The molecule has 0 aliphatic heterocycles. The van der Waals surface area contributed by atoms with Gasteiger partial charge in [0, 0.05) is 27.2 Å². The summed E-state index contributed by atoms with van der Waals surface area (Å²) < 4.78 is 5.01. The first-order valence-electron chi connectivity index (χ1n) is 5.99. The van der Waals surface area contributed by atoms with Crippen molar-refractivity contribution in [1.29, 1.82) is 0 Å². The van der Waals surface area contributed by atoms with Crippen LogP contribution in [-0.4, -0.2) is 48.7 Å². The number of aromatic nitrogens is 2. The molecule has 0 fully saturated rings. The molecule has 0 saturated heterocycles. The van der Waals surface area contributed by atoms with Crippen LogP contribution in [0.5, 0.6) is 0 Å². The second-order valence-corrected chi connectivity index (χ2v) is 3.88.